The Balaban J connectivity index is 1.59. The van der Waals surface area contributed by atoms with Gasteiger partial charge in [0, 0.05) is 18.6 Å². The number of carbonyl (C=O) groups is 1. The van der Waals surface area contributed by atoms with Crippen LogP contribution in [0.25, 0.3) is 17.2 Å². The fraction of sp³-hybridized carbons (Fsp3) is 0.0526. The Kier molecular flexibility index (Phi) is 4.36. The van der Waals surface area contributed by atoms with Crippen LogP contribution in [0.1, 0.15) is 16.1 Å². The summed E-state index contributed by atoms with van der Waals surface area (Å²) in [7, 11) is 0. The predicted octanol–water partition coefficient (Wildman–Crippen LogP) is 2.68. The molecule has 1 N–H and O–H groups in total. The Bertz CT molecular complexity index is 1070. The van der Waals surface area contributed by atoms with Crippen LogP contribution < -0.4 is 5.32 Å². The van der Waals surface area contributed by atoms with Gasteiger partial charge in [0.15, 0.2) is 5.82 Å². The van der Waals surface area contributed by atoms with Crippen LogP contribution in [0.4, 0.5) is 5.82 Å². The molecule has 1 amide bonds. The van der Waals surface area contributed by atoms with Crippen molar-refractivity contribution in [2.75, 3.05) is 5.32 Å². The van der Waals surface area contributed by atoms with E-state index in [0.29, 0.717) is 28.7 Å². The fourth-order valence-corrected chi connectivity index (χ4v) is 2.49. The van der Waals surface area contributed by atoms with E-state index in [9.17, 15) is 4.79 Å². The summed E-state index contributed by atoms with van der Waals surface area (Å²) in [6.45, 7) is 1.96. The summed E-state index contributed by atoms with van der Waals surface area (Å²) in [6.07, 6.45) is 8.18. The number of aryl methyl sites for hydroxylation is 1. The molecule has 8 nitrogen and oxygen atoms in total. The van der Waals surface area contributed by atoms with Crippen molar-refractivity contribution >= 4 is 11.7 Å². The van der Waals surface area contributed by atoms with E-state index in [1.807, 2.05) is 25.1 Å². The zero-order valence-corrected chi connectivity index (χ0v) is 14.4. The second kappa shape index (κ2) is 7.12. The molecular weight excluding hydrogens is 342 g/mol. The number of amides is 1. The van der Waals surface area contributed by atoms with Crippen LogP contribution in [0.3, 0.4) is 0 Å². The summed E-state index contributed by atoms with van der Waals surface area (Å²) in [5.74, 6) is 0.484. The first kappa shape index (κ1) is 16.5. The van der Waals surface area contributed by atoms with Crippen LogP contribution >= 0.6 is 0 Å². The van der Waals surface area contributed by atoms with Crippen LogP contribution in [-0.4, -0.2) is 35.6 Å². The van der Waals surface area contributed by atoms with E-state index in [1.54, 1.807) is 49.2 Å². The topological polar surface area (TPSA) is 98.5 Å². The third-order valence-corrected chi connectivity index (χ3v) is 3.80. The highest BCUT2D eigenvalue weighted by atomic mass is 16.2. The lowest BCUT2D eigenvalue weighted by Gasteiger charge is -2.08. The van der Waals surface area contributed by atoms with Crippen LogP contribution in [0.15, 0.2) is 67.4 Å². The second-order valence-corrected chi connectivity index (χ2v) is 5.78. The SMILES string of the molecule is Cc1ccc(-c2nccc(NC(=O)c3ccnn3-c3cccnc3)n2)nc1. The summed E-state index contributed by atoms with van der Waals surface area (Å²) in [5, 5.41) is 6.97. The molecule has 4 rings (SSSR count). The Hall–Kier alpha value is -3.94. The molecule has 0 saturated heterocycles. The molecule has 0 aromatic carbocycles. The minimum absolute atomic E-state index is 0.335. The number of pyridine rings is 2. The van der Waals surface area contributed by atoms with E-state index >= 15 is 0 Å². The molecule has 4 heterocycles. The zero-order valence-electron chi connectivity index (χ0n) is 14.4. The lowest BCUT2D eigenvalue weighted by Crippen LogP contribution is -2.18. The van der Waals surface area contributed by atoms with Crippen molar-refractivity contribution in [3.05, 3.63) is 78.6 Å². The summed E-state index contributed by atoms with van der Waals surface area (Å²) in [5.41, 5.74) is 2.75. The summed E-state index contributed by atoms with van der Waals surface area (Å²) >= 11 is 0. The average Bonchev–Trinajstić information content (AvgIpc) is 3.19. The van der Waals surface area contributed by atoms with Gasteiger partial charge in [-0.05, 0) is 42.8 Å². The van der Waals surface area contributed by atoms with Gasteiger partial charge in [-0.2, -0.15) is 5.10 Å². The predicted molar refractivity (Wildman–Crippen MR) is 99.3 cm³/mol. The van der Waals surface area contributed by atoms with E-state index < -0.39 is 0 Å². The van der Waals surface area contributed by atoms with Crippen molar-refractivity contribution in [1.29, 1.82) is 0 Å². The Morgan fingerprint density at radius 3 is 2.70 bits per heavy atom. The van der Waals surface area contributed by atoms with Crippen LogP contribution in [-0.2, 0) is 0 Å². The van der Waals surface area contributed by atoms with Gasteiger partial charge in [0.2, 0.25) is 0 Å². The zero-order chi connectivity index (χ0) is 18.6. The number of anilines is 1. The van der Waals surface area contributed by atoms with Crippen LogP contribution in [0.2, 0.25) is 0 Å². The van der Waals surface area contributed by atoms with Crippen molar-refractivity contribution in [3.8, 4) is 17.2 Å². The highest BCUT2D eigenvalue weighted by molar-refractivity contribution is 6.02. The second-order valence-electron chi connectivity index (χ2n) is 5.78. The van der Waals surface area contributed by atoms with Crippen molar-refractivity contribution in [2.45, 2.75) is 6.92 Å². The van der Waals surface area contributed by atoms with Gasteiger partial charge in [0.25, 0.3) is 5.91 Å². The Morgan fingerprint density at radius 1 is 1.00 bits per heavy atom. The van der Waals surface area contributed by atoms with E-state index in [2.05, 4.69) is 30.4 Å². The Morgan fingerprint density at radius 2 is 1.93 bits per heavy atom. The molecule has 0 atom stereocenters. The molecule has 0 bridgehead atoms. The standard InChI is InChI=1S/C19H15N7O/c1-13-4-5-15(22-11-13)18-21-9-7-17(24-18)25-19(27)16-6-10-23-26(16)14-3-2-8-20-12-14/h2-12H,1H3,(H,21,24,25,27). The quantitative estimate of drug-likeness (QED) is 0.603. The van der Waals surface area contributed by atoms with Gasteiger partial charge in [0.05, 0.1) is 18.1 Å². The van der Waals surface area contributed by atoms with Gasteiger partial charge in [0.1, 0.15) is 17.2 Å². The number of carbonyl (C=O) groups excluding carboxylic acids is 1. The van der Waals surface area contributed by atoms with Gasteiger partial charge in [-0.3, -0.25) is 14.8 Å². The van der Waals surface area contributed by atoms with Crippen molar-refractivity contribution in [3.63, 3.8) is 0 Å². The van der Waals surface area contributed by atoms with Crippen LogP contribution in [0, 0.1) is 6.92 Å². The molecule has 4 aromatic heterocycles. The summed E-state index contributed by atoms with van der Waals surface area (Å²) in [4.78, 5) is 29.7. The smallest absolute Gasteiger partial charge is 0.275 e. The normalized spacial score (nSPS) is 10.6. The average molecular weight is 357 g/mol. The third kappa shape index (κ3) is 3.54. The first-order valence-electron chi connectivity index (χ1n) is 8.22. The number of aromatic nitrogens is 6. The highest BCUT2D eigenvalue weighted by Crippen LogP contribution is 2.15. The van der Waals surface area contributed by atoms with Gasteiger partial charge < -0.3 is 5.32 Å². The van der Waals surface area contributed by atoms with Crippen molar-refractivity contribution < 1.29 is 4.79 Å². The summed E-state index contributed by atoms with van der Waals surface area (Å²) in [6, 6.07) is 10.6. The van der Waals surface area contributed by atoms with Gasteiger partial charge >= 0.3 is 0 Å². The van der Waals surface area contributed by atoms with Crippen LogP contribution in [0.5, 0.6) is 0 Å². The maximum absolute atomic E-state index is 12.7. The number of nitrogens with one attached hydrogen (secondary N) is 1. The number of hydrogen-bond donors (Lipinski definition) is 1. The number of rotatable bonds is 4. The van der Waals surface area contributed by atoms with Gasteiger partial charge in [-0.15, -0.1) is 0 Å². The molecule has 27 heavy (non-hydrogen) atoms. The van der Waals surface area contributed by atoms with Gasteiger partial charge in [-0.25, -0.2) is 14.6 Å². The maximum atomic E-state index is 12.7. The Labute approximate surface area is 155 Å². The molecule has 0 unspecified atom stereocenters. The lowest BCUT2D eigenvalue weighted by molar-refractivity contribution is 0.101. The molecule has 8 heteroatoms. The van der Waals surface area contributed by atoms with E-state index in [-0.39, 0.29) is 5.91 Å². The first-order valence-corrected chi connectivity index (χ1v) is 8.22. The number of nitrogens with zero attached hydrogens (tertiary/aromatic N) is 6. The first-order chi connectivity index (χ1) is 13.2. The molecule has 0 aliphatic rings. The van der Waals surface area contributed by atoms with E-state index in [4.69, 9.17) is 0 Å². The van der Waals surface area contributed by atoms with Crippen molar-refractivity contribution in [1.82, 2.24) is 29.7 Å². The number of hydrogen-bond acceptors (Lipinski definition) is 6. The summed E-state index contributed by atoms with van der Waals surface area (Å²) < 4.78 is 1.52. The molecule has 4 aromatic rings. The molecule has 0 saturated carbocycles. The van der Waals surface area contributed by atoms with E-state index in [1.165, 1.54) is 4.68 Å². The minimum Gasteiger partial charge on any atom is -0.305 e. The molecule has 0 aliphatic carbocycles. The van der Waals surface area contributed by atoms with Gasteiger partial charge in [-0.1, -0.05) is 6.07 Å². The minimum atomic E-state index is -0.335. The molecule has 0 fully saturated rings. The molecule has 0 aliphatic heterocycles. The fourth-order valence-electron chi connectivity index (χ4n) is 2.49. The third-order valence-electron chi connectivity index (χ3n) is 3.80. The monoisotopic (exact) mass is 357 g/mol. The molecular formula is C19H15N7O. The van der Waals surface area contributed by atoms with E-state index in [0.717, 1.165) is 5.56 Å². The van der Waals surface area contributed by atoms with Crippen molar-refractivity contribution in [2.24, 2.45) is 0 Å². The highest BCUT2D eigenvalue weighted by Gasteiger charge is 2.15. The lowest BCUT2D eigenvalue weighted by atomic mass is 10.2. The molecule has 0 spiro atoms. The largest absolute Gasteiger partial charge is 0.305 e. The maximum Gasteiger partial charge on any atom is 0.275 e. The molecule has 132 valence electrons. The molecule has 0 radical (unpaired) electrons.